The molecule has 104 valence electrons. The van der Waals surface area contributed by atoms with Gasteiger partial charge in [-0.15, -0.1) is 0 Å². The number of benzene rings is 1. The van der Waals surface area contributed by atoms with Gasteiger partial charge < -0.3 is 5.73 Å². The van der Waals surface area contributed by atoms with Crippen molar-refractivity contribution in [2.75, 3.05) is 6.54 Å². The van der Waals surface area contributed by atoms with E-state index in [9.17, 15) is 0 Å². The largest absolute Gasteiger partial charge is 0.393 e. The predicted molar refractivity (Wildman–Crippen MR) is 85.3 cm³/mol. The van der Waals surface area contributed by atoms with Gasteiger partial charge in [-0.05, 0) is 36.9 Å². The van der Waals surface area contributed by atoms with Crippen LogP contribution in [0.5, 0.6) is 0 Å². The van der Waals surface area contributed by atoms with Crippen LogP contribution in [0.4, 0.5) is 0 Å². The molecular weight excluding hydrogens is 252 g/mol. The number of thiocarbonyl (C=S) groups is 1. The molecule has 19 heavy (non-hydrogen) atoms. The summed E-state index contributed by atoms with van der Waals surface area (Å²) in [5.74, 6) is 0. The number of rotatable bonds is 5. The molecule has 1 aromatic carbocycles. The molecular formula is C16H24N2S. The summed E-state index contributed by atoms with van der Waals surface area (Å²) in [5, 5.41) is 0. The number of hydrogen-bond donors (Lipinski definition) is 1. The maximum atomic E-state index is 5.70. The van der Waals surface area contributed by atoms with E-state index in [1.165, 1.54) is 43.4 Å². The minimum absolute atomic E-state index is 0.582. The highest BCUT2D eigenvalue weighted by atomic mass is 32.1. The summed E-state index contributed by atoms with van der Waals surface area (Å²) < 4.78 is 0. The fourth-order valence-electron chi connectivity index (χ4n) is 3.02. The topological polar surface area (TPSA) is 29.3 Å². The SMILES string of the molecule is CCC1CCCCN1Cc1ccccc1CC(N)=S. The summed E-state index contributed by atoms with van der Waals surface area (Å²) in [6, 6.07) is 9.30. The van der Waals surface area contributed by atoms with Crippen LogP contribution < -0.4 is 5.73 Å². The van der Waals surface area contributed by atoms with E-state index in [2.05, 4.69) is 36.1 Å². The Morgan fingerprint density at radius 2 is 2.05 bits per heavy atom. The van der Waals surface area contributed by atoms with Crippen molar-refractivity contribution in [3.8, 4) is 0 Å². The Kier molecular flexibility index (Phi) is 5.34. The number of piperidine rings is 1. The van der Waals surface area contributed by atoms with Crippen LogP contribution >= 0.6 is 12.2 Å². The average Bonchev–Trinajstić information content (AvgIpc) is 2.41. The summed E-state index contributed by atoms with van der Waals surface area (Å²) in [6.07, 6.45) is 6.01. The maximum Gasteiger partial charge on any atom is 0.0771 e. The molecule has 3 heteroatoms. The first kappa shape index (κ1) is 14.5. The lowest BCUT2D eigenvalue weighted by Crippen LogP contribution is -2.38. The van der Waals surface area contributed by atoms with E-state index in [1.807, 2.05) is 0 Å². The van der Waals surface area contributed by atoms with Gasteiger partial charge in [0.25, 0.3) is 0 Å². The van der Waals surface area contributed by atoms with Crippen molar-refractivity contribution in [1.82, 2.24) is 4.90 Å². The average molecular weight is 276 g/mol. The van der Waals surface area contributed by atoms with Gasteiger partial charge in [-0.1, -0.05) is 49.8 Å². The third-order valence-electron chi connectivity index (χ3n) is 4.08. The van der Waals surface area contributed by atoms with Crippen LogP contribution in [-0.4, -0.2) is 22.5 Å². The fourth-order valence-corrected chi connectivity index (χ4v) is 3.18. The molecule has 0 amide bonds. The lowest BCUT2D eigenvalue weighted by molar-refractivity contribution is 0.136. The zero-order valence-electron chi connectivity index (χ0n) is 11.8. The second-order valence-electron chi connectivity index (χ2n) is 5.44. The van der Waals surface area contributed by atoms with Gasteiger partial charge in [0, 0.05) is 19.0 Å². The second-order valence-corrected chi connectivity index (χ2v) is 5.96. The van der Waals surface area contributed by atoms with Crippen LogP contribution in [0.2, 0.25) is 0 Å². The second kappa shape index (κ2) is 7.01. The Hall–Kier alpha value is -0.930. The molecule has 2 nitrogen and oxygen atoms in total. The summed E-state index contributed by atoms with van der Waals surface area (Å²) in [6.45, 7) is 4.56. The van der Waals surface area contributed by atoms with Gasteiger partial charge in [-0.25, -0.2) is 0 Å². The molecule has 1 saturated heterocycles. The van der Waals surface area contributed by atoms with Crippen molar-refractivity contribution in [3.63, 3.8) is 0 Å². The maximum absolute atomic E-state index is 5.70. The van der Waals surface area contributed by atoms with Crippen LogP contribution in [0.1, 0.15) is 43.7 Å². The molecule has 1 aromatic rings. The van der Waals surface area contributed by atoms with Crippen molar-refractivity contribution < 1.29 is 0 Å². The Morgan fingerprint density at radius 3 is 2.74 bits per heavy atom. The quantitative estimate of drug-likeness (QED) is 0.837. The monoisotopic (exact) mass is 276 g/mol. The molecule has 1 aliphatic rings. The van der Waals surface area contributed by atoms with Crippen molar-refractivity contribution in [2.45, 2.75) is 51.6 Å². The van der Waals surface area contributed by atoms with Gasteiger partial charge in [0.1, 0.15) is 0 Å². The van der Waals surface area contributed by atoms with Gasteiger partial charge in [0.15, 0.2) is 0 Å². The molecule has 0 aliphatic carbocycles. The minimum Gasteiger partial charge on any atom is -0.393 e. The highest BCUT2D eigenvalue weighted by Gasteiger charge is 2.21. The highest BCUT2D eigenvalue weighted by Crippen LogP contribution is 2.23. The number of nitrogens with two attached hydrogens (primary N) is 1. The lowest BCUT2D eigenvalue weighted by atomic mass is 9.97. The third-order valence-corrected chi connectivity index (χ3v) is 4.22. The van der Waals surface area contributed by atoms with Crippen LogP contribution in [0.25, 0.3) is 0 Å². The first-order valence-electron chi connectivity index (χ1n) is 7.30. The predicted octanol–water partition coefficient (Wildman–Crippen LogP) is 3.28. The first-order valence-corrected chi connectivity index (χ1v) is 7.70. The molecule has 0 spiro atoms. The fraction of sp³-hybridized carbons (Fsp3) is 0.562. The van der Waals surface area contributed by atoms with E-state index < -0.39 is 0 Å². The zero-order valence-corrected chi connectivity index (χ0v) is 12.6. The van der Waals surface area contributed by atoms with Crippen molar-refractivity contribution in [2.24, 2.45) is 5.73 Å². The van der Waals surface area contributed by atoms with E-state index in [-0.39, 0.29) is 0 Å². The minimum atomic E-state index is 0.582. The molecule has 2 N–H and O–H groups in total. The van der Waals surface area contributed by atoms with Gasteiger partial charge >= 0.3 is 0 Å². The number of hydrogen-bond acceptors (Lipinski definition) is 2. The molecule has 2 rings (SSSR count). The Labute approximate surface area is 122 Å². The zero-order chi connectivity index (χ0) is 13.7. The van der Waals surface area contributed by atoms with Crippen molar-refractivity contribution >= 4 is 17.2 Å². The van der Waals surface area contributed by atoms with Crippen molar-refractivity contribution in [3.05, 3.63) is 35.4 Å². The number of likely N-dealkylation sites (tertiary alicyclic amines) is 1. The van der Waals surface area contributed by atoms with E-state index in [4.69, 9.17) is 18.0 Å². The normalized spacial score (nSPS) is 20.4. The van der Waals surface area contributed by atoms with Gasteiger partial charge in [-0.2, -0.15) is 0 Å². The first-order chi connectivity index (χ1) is 9.20. The highest BCUT2D eigenvalue weighted by molar-refractivity contribution is 7.80. The van der Waals surface area contributed by atoms with E-state index in [1.54, 1.807) is 0 Å². The standard InChI is InChI=1S/C16H24N2S/c1-2-15-9-5-6-10-18(15)12-14-8-4-3-7-13(14)11-16(17)19/h3-4,7-8,15H,2,5-6,9-12H2,1H3,(H2,17,19). The Morgan fingerprint density at radius 1 is 1.32 bits per heavy atom. The van der Waals surface area contributed by atoms with E-state index in [0.717, 1.165) is 19.0 Å². The van der Waals surface area contributed by atoms with Gasteiger partial charge in [0.2, 0.25) is 0 Å². The molecule has 0 radical (unpaired) electrons. The lowest BCUT2D eigenvalue weighted by Gasteiger charge is -2.35. The summed E-state index contributed by atoms with van der Waals surface area (Å²) in [5.41, 5.74) is 8.37. The van der Waals surface area contributed by atoms with Crippen LogP contribution in [0.3, 0.4) is 0 Å². The molecule has 0 saturated carbocycles. The van der Waals surface area contributed by atoms with Crippen LogP contribution in [0.15, 0.2) is 24.3 Å². The smallest absolute Gasteiger partial charge is 0.0771 e. The molecule has 1 unspecified atom stereocenters. The summed E-state index contributed by atoms with van der Waals surface area (Å²) in [7, 11) is 0. The summed E-state index contributed by atoms with van der Waals surface area (Å²) in [4.78, 5) is 3.21. The molecule has 1 heterocycles. The van der Waals surface area contributed by atoms with E-state index >= 15 is 0 Å². The van der Waals surface area contributed by atoms with Crippen molar-refractivity contribution in [1.29, 1.82) is 0 Å². The Balaban J connectivity index is 2.11. The molecule has 1 fully saturated rings. The molecule has 0 bridgehead atoms. The molecule has 1 atom stereocenters. The van der Waals surface area contributed by atoms with Crippen LogP contribution in [-0.2, 0) is 13.0 Å². The Bertz CT molecular complexity index is 431. The van der Waals surface area contributed by atoms with Gasteiger partial charge in [0.05, 0.1) is 4.99 Å². The van der Waals surface area contributed by atoms with Crippen LogP contribution in [0, 0.1) is 0 Å². The van der Waals surface area contributed by atoms with Gasteiger partial charge in [-0.3, -0.25) is 4.90 Å². The number of nitrogens with zero attached hydrogens (tertiary/aromatic N) is 1. The summed E-state index contributed by atoms with van der Waals surface area (Å²) >= 11 is 5.05. The molecule has 0 aromatic heterocycles. The third kappa shape index (κ3) is 4.02. The molecule has 1 aliphatic heterocycles. The van der Waals surface area contributed by atoms with E-state index in [0.29, 0.717) is 4.99 Å².